The van der Waals surface area contributed by atoms with E-state index in [1.807, 2.05) is 0 Å². The number of ether oxygens (including phenoxy) is 17. The van der Waals surface area contributed by atoms with Gasteiger partial charge in [-0.3, -0.25) is 33.3 Å². The molecule has 0 aliphatic carbocycles. The number of hydrogen-bond donors (Lipinski definition) is 29. The Morgan fingerprint density at radius 2 is 0.500 bits per heavy atom. The second-order valence-electron chi connectivity index (χ2n) is 30.1. The lowest BCUT2D eigenvalue weighted by atomic mass is 9.93. The van der Waals surface area contributed by atoms with Crippen molar-refractivity contribution in [2.45, 2.75) is 318 Å². The van der Waals surface area contributed by atoms with Gasteiger partial charge >= 0.3 is 10.4 Å². The second kappa shape index (κ2) is 44.0. The number of rotatable bonds is 33. The molecule has 0 aromatic rings. The summed E-state index contributed by atoms with van der Waals surface area (Å²) in [6, 6.07) is -11.2. The van der Waals surface area contributed by atoms with Crippen molar-refractivity contribution in [3.63, 3.8) is 0 Å². The third kappa shape index (κ3) is 23.4. The van der Waals surface area contributed by atoms with E-state index in [4.69, 9.17) is 80.5 Å². The van der Waals surface area contributed by atoms with Gasteiger partial charge in [0.1, 0.15) is 219 Å². The van der Waals surface area contributed by atoms with E-state index >= 15 is 0 Å². The molecule has 9 aliphatic rings. The Bertz CT molecular complexity index is 3510. The van der Waals surface area contributed by atoms with Gasteiger partial charge in [-0.1, -0.05) is 0 Å². The van der Waals surface area contributed by atoms with E-state index in [1.165, 1.54) is 0 Å². The maximum atomic E-state index is 13.1. The fraction of sp³-hybridized carbons (Fsp3) is 0.909. The van der Waals surface area contributed by atoms with Crippen molar-refractivity contribution in [1.82, 2.24) is 31.9 Å². The van der Waals surface area contributed by atoms with Crippen LogP contribution in [0.15, 0.2) is 0 Å². The van der Waals surface area contributed by atoms with Crippen LogP contribution in [0, 0.1) is 0 Å². The summed E-state index contributed by atoms with van der Waals surface area (Å²) >= 11 is 0. The predicted molar refractivity (Wildman–Crippen MR) is 377 cm³/mol. The molecule has 0 radical (unpaired) electrons. The molecule has 0 saturated carbocycles. The molecule has 9 rings (SSSR count). The molecule has 9 heterocycles. The molecule has 56 heteroatoms. The SMILES string of the molecule is CC(=O)N[C@H]1[C@H](O[C@H]2[C@H](O)[C@@H](NC(C)=O)[C@H](O[C@@H]3[C@@H](O[C@@H]4[C@H](O)[C@H](O[C@H]5[C@H](O)[C@@H](NC(C)=O)[C@H](O[C@H]6[C@H](O)[C@@H](NC(C)=O)C(O)O[C@@H]6CO)O[C@@H]5CO)O[C@H](CO[C@H]5O[C@H](CO)[C@@H](O)[C@H](O)[C@@H]5O[C@@H]5O[C@H](CO)[C@@H](O[C@@H]6O[C@H](CO)[C@H](O)[C@H](O)[C@H]6NC(C)=O)[C@H](O)[C@H]5NC(C)=O)[C@H]4O)O[C@H](CO)[C@@H](O)[C@@H]3O)O[C@@H]2CO)O[C@H](CO)[C@H](OS(=O)(=O)O)[C@@H]1O. The van der Waals surface area contributed by atoms with Crippen LogP contribution in [0.3, 0.4) is 0 Å². The normalized spacial score (nSPS) is 45.9. The van der Waals surface area contributed by atoms with Crippen molar-refractivity contribution in [3.8, 4) is 0 Å². The van der Waals surface area contributed by atoms with Crippen LogP contribution in [-0.2, 0) is 124 Å². The van der Waals surface area contributed by atoms with Gasteiger partial charge in [0, 0.05) is 41.5 Å². The molecule has 29 N–H and O–H groups in total. The van der Waals surface area contributed by atoms with E-state index in [0.29, 0.717) is 0 Å². The smallest absolute Gasteiger partial charge is 0.394 e. The highest BCUT2D eigenvalue weighted by atomic mass is 32.3. The number of nitrogens with one attached hydrogen (secondary N) is 6. The molecule has 9 fully saturated rings. The Kier molecular flexibility index (Phi) is 36.4. The molecule has 1 unspecified atom stereocenters. The van der Waals surface area contributed by atoms with Crippen molar-refractivity contribution in [2.24, 2.45) is 0 Å². The first-order valence-corrected chi connectivity index (χ1v) is 39.6. The number of aliphatic hydroxyl groups excluding tert-OH is 22. The van der Waals surface area contributed by atoms with E-state index < -0.39 is 381 Å². The Morgan fingerprint density at radius 1 is 0.254 bits per heavy atom. The molecule has 9 aliphatic heterocycles. The number of hydrogen-bond acceptors (Lipinski definition) is 48. The fourth-order valence-electron chi connectivity index (χ4n) is 15.5. The van der Waals surface area contributed by atoms with Crippen molar-refractivity contribution >= 4 is 45.8 Å². The van der Waals surface area contributed by atoms with Crippen LogP contribution in [0.4, 0.5) is 0 Å². The molecule has 0 spiro atoms. The minimum Gasteiger partial charge on any atom is -0.394 e. The van der Waals surface area contributed by atoms with Crippen LogP contribution in [0.2, 0.25) is 0 Å². The molecule has 45 atom stereocenters. The van der Waals surface area contributed by atoms with Crippen molar-refractivity contribution in [2.75, 3.05) is 59.5 Å². The van der Waals surface area contributed by atoms with Crippen LogP contribution in [0.5, 0.6) is 0 Å². The number of carbonyl (C=O) groups excluding carboxylic acids is 6. The summed E-state index contributed by atoms with van der Waals surface area (Å²) in [6.07, 6.45) is -83.4. The van der Waals surface area contributed by atoms with Crippen molar-refractivity contribution in [1.29, 1.82) is 0 Å². The summed E-state index contributed by atoms with van der Waals surface area (Å²) in [5.74, 6) is -5.52. The van der Waals surface area contributed by atoms with E-state index in [9.17, 15) is 154 Å². The molecule has 704 valence electrons. The zero-order valence-electron chi connectivity index (χ0n) is 65.7. The predicted octanol–water partition coefficient (Wildman–Crippen LogP) is -19.9. The summed E-state index contributed by atoms with van der Waals surface area (Å²) in [4.78, 5) is 76.2. The van der Waals surface area contributed by atoms with Crippen LogP contribution in [0.25, 0.3) is 0 Å². The van der Waals surface area contributed by atoms with Gasteiger partial charge in [0.2, 0.25) is 35.4 Å². The standard InChI is InChI=1S/C66H110N6O49S/c1-16(81)67-31-42(92)50(25(10-76)105-58(31)100)114-60-33(69-18(3)83)45(95)53(28(13-79)109-60)117-64-49(99)55(118-66-57(48(98)39(89)24(9-75)108-66)120-63-35(71-20(5)85)44(94)52(27(12-78)111-63)116-61-36(72-21(6)86)46(96)54(29(14-80)112-61)121-122(101,102)103)40(90)30(113-64)15-104-65-56(47(97)38(88)23(8-74)107-65)119-62-34(70-19(4)84)43(93)51(26(11-77)110-62)115-59-32(68-17(2)82)41(91)37(87)22(7-73)106-59/h22-66,73-80,87-100H,7-15H2,1-6H3,(H,67,81)(H,68,82)(H,69,83)(H,70,84)(H,71,85)(H,72,86)(H,101,102,103)/t22-,23-,24-,25-,26-,27-,28-,29-,30-,31-,32-,33-,34-,35-,36-,37+,38-,39-,40-,41-,42-,43-,44-,45-,46-,47+,48+,49+,50-,51-,52-,53-,54+,55+,56+,57+,58?,59+,60+,61+,62+,63+,64+,65+,66-/m1/s1. The number of carbonyl (C=O) groups is 6. The lowest BCUT2D eigenvalue weighted by Crippen LogP contribution is -2.71. The zero-order valence-corrected chi connectivity index (χ0v) is 66.5. The van der Waals surface area contributed by atoms with Gasteiger partial charge in [-0.2, -0.15) is 8.42 Å². The van der Waals surface area contributed by atoms with Crippen LogP contribution in [-0.4, -0.2) is 496 Å². The van der Waals surface area contributed by atoms with Gasteiger partial charge in [-0.15, -0.1) is 0 Å². The van der Waals surface area contributed by atoms with E-state index in [1.54, 1.807) is 0 Å². The van der Waals surface area contributed by atoms with Crippen molar-refractivity contribution < 1.29 is 239 Å². The van der Waals surface area contributed by atoms with Crippen LogP contribution < -0.4 is 31.9 Å². The van der Waals surface area contributed by atoms with Gasteiger partial charge < -0.3 is 225 Å². The van der Waals surface area contributed by atoms with Crippen LogP contribution >= 0.6 is 0 Å². The van der Waals surface area contributed by atoms with Gasteiger partial charge in [0.25, 0.3) is 0 Å². The minimum absolute atomic E-state index is 0.804. The number of aliphatic hydroxyl groups is 22. The molecule has 9 saturated heterocycles. The maximum Gasteiger partial charge on any atom is 0.397 e. The molecule has 55 nitrogen and oxygen atoms in total. The molecular formula is C66H110N6O49S. The Hall–Kier alpha value is -4.87. The second-order valence-corrected chi connectivity index (χ2v) is 31.2. The zero-order chi connectivity index (χ0) is 90.3. The summed E-state index contributed by atoms with van der Waals surface area (Å²) in [5, 5.41) is 263. The van der Waals surface area contributed by atoms with Crippen LogP contribution in [0.1, 0.15) is 41.5 Å². The lowest BCUT2D eigenvalue weighted by molar-refractivity contribution is -0.398. The summed E-state index contributed by atoms with van der Waals surface area (Å²) in [5.41, 5.74) is 0. The number of amides is 6. The van der Waals surface area contributed by atoms with Crippen molar-refractivity contribution in [3.05, 3.63) is 0 Å². The lowest BCUT2D eigenvalue weighted by Gasteiger charge is -2.51. The summed E-state index contributed by atoms with van der Waals surface area (Å²) in [6.45, 7) is -4.73. The Labute approximate surface area is 691 Å². The quantitative estimate of drug-likeness (QED) is 0.0271. The molecule has 122 heavy (non-hydrogen) atoms. The van der Waals surface area contributed by atoms with E-state index in [-0.39, 0.29) is 0 Å². The monoisotopic (exact) mass is 1800 g/mol. The topological polar surface area (TPSA) is 840 Å². The highest BCUT2D eigenvalue weighted by Gasteiger charge is 2.62. The van der Waals surface area contributed by atoms with Gasteiger partial charge in [-0.25, -0.2) is 4.18 Å². The van der Waals surface area contributed by atoms with E-state index in [2.05, 4.69) is 36.1 Å². The third-order valence-electron chi connectivity index (χ3n) is 21.4. The first kappa shape index (κ1) is 101. The highest BCUT2D eigenvalue weighted by molar-refractivity contribution is 7.80. The highest BCUT2D eigenvalue weighted by Crippen LogP contribution is 2.40. The van der Waals surface area contributed by atoms with Gasteiger partial charge in [-0.05, 0) is 0 Å². The van der Waals surface area contributed by atoms with E-state index in [0.717, 1.165) is 41.5 Å². The Balaban J connectivity index is 1.06. The largest absolute Gasteiger partial charge is 0.397 e. The average Bonchev–Trinajstić information content (AvgIpc) is 0.767. The molecule has 0 aromatic carbocycles. The average molecular weight is 1800 g/mol. The molecular weight excluding hydrogens is 1690 g/mol. The fourth-order valence-corrected chi connectivity index (χ4v) is 16.0. The first-order chi connectivity index (χ1) is 57.5. The first-order valence-electron chi connectivity index (χ1n) is 38.3. The molecule has 6 amide bonds. The Morgan fingerprint density at radius 3 is 0.844 bits per heavy atom. The third-order valence-corrected chi connectivity index (χ3v) is 21.8. The maximum absolute atomic E-state index is 13.1. The minimum atomic E-state index is -5.44. The van der Waals surface area contributed by atoms with Gasteiger partial charge in [0.15, 0.2) is 56.6 Å². The summed E-state index contributed by atoms with van der Waals surface area (Å²) < 4.78 is 140. The molecule has 0 bridgehead atoms. The summed E-state index contributed by atoms with van der Waals surface area (Å²) in [7, 11) is -5.44. The molecule has 0 aromatic heterocycles. The van der Waals surface area contributed by atoms with Gasteiger partial charge in [0.05, 0.1) is 59.5 Å².